The summed E-state index contributed by atoms with van der Waals surface area (Å²) in [5.74, 6) is 0.668. The van der Waals surface area contributed by atoms with Crippen LogP contribution in [0.25, 0.3) is 0 Å². The van der Waals surface area contributed by atoms with Crippen molar-refractivity contribution in [2.24, 2.45) is 0 Å². The van der Waals surface area contributed by atoms with E-state index in [1.54, 1.807) is 17.8 Å². The fraction of sp³-hybridized carbons (Fsp3) is 0.611. The van der Waals surface area contributed by atoms with Crippen molar-refractivity contribution in [2.45, 2.75) is 42.7 Å². The Bertz CT molecular complexity index is 620. The highest BCUT2D eigenvalue weighted by molar-refractivity contribution is 7.99. The van der Waals surface area contributed by atoms with Gasteiger partial charge in [0.25, 0.3) is 0 Å². The molecule has 0 aromatic heterocycles. The molecule has 3 aliphatic rings. The van der Waals surface area contributed by atoms with Gasteiger partial charge in [0.05, 0.1) is 6.04 Å². The van der Waals surface area contributed by atoms with Crippen LogP contribution in [0.5, 0.6) is 0 Å². The lowest BCUT2D eigenvalue weighted by Gasteiger charge is -2.29. The van der Waals surface area contributed by atoms with Gasteiger partial charge in [0.1, 0.15) is 5.82 Å². The molecule has 130 valence electrons. The summed E-state index contributed by atoms with van der Waals surface area (Å²) in [5.41, 5.74) is 0.926. The summed E-state index contributed by atoms with van der Waals surface area (Å²) in [6.07, 6.45) is 4.49. The van der Waals surface area contributed by atoms with Crippen molar-refractivity contribution in [3.63, 3.8) is 0 Å². The van der Waals surface area contributed by atoms with Gasteiger partial charge in [-0.05, 0) is 50.4 Å². The summed E-state index contributed by atoms with van der Waals surface area (Å²) >= 11 is 1.55. The van der Waals surface area contributed by atoms with Crippen molar-refractivity contribution in [3.8, 4) is 0 Å². The number of halogens is 1. The average molecular weight is 349 g/mol. The molecule has 2 atom stereocenters. The van der Waals surface area contributed by atoms with Gasteiger partial charge in [-0.2, -0.15) is 0 Å². The molecule has 0 bridgehead atoms. The summed E-state index contributed by atoms with van der Waals surface area (Å²) in [6, 6.07) is 5.62. The van der Waals surface area contributed by atoms with Crippen molar-refractivity contribution in [2.75, 3.05) is 31.9 Å². The summed E-state index contributed by atoms with van der Waals surface area (Å²) in [5, 5.41) is 3.14. The Balaban J connectivity index is 1.40. The minimum absolute atomic E-state index is 0.00353. The van der Waals surface area contributed by atoms with Gasteiger partial charge >= 0.3 is 6.03 Å². The number of likely N-dealkylation sites (tertiary alicyclic amines) is 2. The van der Waals surface area contributed by atoms with E-state index < -0.39 is 0 Å². The van der Waals surface area contributed by atoms with Crippen LogP contribution in [0.15, 0.2) is 23.1 Å². The van der Waals surface area contributed by atoms with E-state index in [1.165, 1.54) is 32.0 Å². The number of benzene rings is 1. The molecule has 1 aromatic rings. The van der Waals surface area contributed by atoms with Gasteiger partial charge in [-0.15, -0.1) is 11.8 Å². The molecule has 24 heavy (non-hydrogen) atoms. The number of rotatable bonds is 2. The van der Waals surface area contributed by atoms with Gasteiger partial charge in [0.15, 0.2) is 0 Å². The van der Waals surface area contributed by atoms with E-state index in [9.17, 15) is 9.18 Å². The van der Waals surface area contributed by atoms with Crippen molar-refractivity contribution in [1.82, 2.24) is 15.1 Å². The Morgan fingerprint density at radius 3 is 2.88 bits per heavy atom. The first-order valence-electron chi connectivity index (χ1n) is 8.93. The number of urea groups is 1. The predicted molar refractivity (Wildman–Crippen MR) is 93.8 cm³/mol. The van der Waals surface area contributed by atoms with Crippen molar-refractivity contribution >= 4 is 17.8 Å². The third-order valence-electron chi connectivity index (χ3n) is 5.43. The number of hydrogen-bond donors (Lipinski definition) is 1. The number of amides is 2. The highest BCUT2D eigenvalue weighted by Crippen LogP contribution is 2.37. The molecular formula is C18H24FN3OS. The first-order valence-corrected chi connectivity index (χ1v) is 9.91. The topological polar surface area (TPSA) is 35.6 Å². The molecule has 4 rings (SSSR count). The third kappa shape index (κ3) is 3.14. The zero-order valence-corrected chi connectivity index (χ0v) is 14.7. The maximum absolute atomic E-state index is 14.0. The molecule has 2 fully saturated rings. The lowest BCUT2D eigenvalue weighted by molar-refractivity contribution is 0.194. The largest absolute Gasteiger partial charge is 0.331 e. The molecule has 3 aliphatic heterocycles. The highest BCUT2D eigenvalue weighted by Gasteiger charge is 2.33. The van der Waals surface area contributed by atoms with Crippen LogP contribution >= 0.6 is 11.8 Å². The molecule has 0 aliphatic carbocycles. The highest BCUT2D eigenvalue weighted by atomic mass is 32.2. The summed E-state index contributed by atoms with van der Waals surface area (Å²) < 4.78 is 14.0. The van der Waals surface area contributed by atoms with Crippen molar-refractivity contribution < 1.29 is 9.18 Å². The summed E-state index contributed by atoms with van der Waals surface area (Å²) in [4.78, 5) is 17.8. The predicted octanol–water partition coefficient (Wildman–Crippen LogP) is 3.24. The standard InChI is InChI=1S/C18H24FN3OS/c19-15-5-3-4-14-16(7-11-24-17(14)15)20-18(23)22-10-6-13(12-22)21-8-1-2-9-21/h3-5,13,16H,1-2,6-12H2,(H,20,23)/t13-,16+/m0/s1. The Morgan fingerprint density at radius 2 is 2.04 bits per heavy atom. The zero-order chi connectivity index (χ0) is 16.5. The number of carbonyl (C=O) groups excluding carboxylic acids is 1. The molecule has 6 heteroatoms. The molecule has 0 saturated carbocycles. The molecule has 0 spiro atoms. The monoisotopic (exact) mass is 349 g/mol. The number of nitrogens with zero attached hydrogens (tertiary/aromatic N) is 2. The van der Waals surface area contributed by atoms with E-state index in [4.69, 9.17) is 0 Å². The van der Waals surface area contributed by atoms with Crippen LogP contribution in [0.4, 0.5) is 9.18 Å². The van der Waals surface area contributed by atoms with Crippen LogP contribution < -0.4 is 5.32 Å². The minimum Gasteiger partial charge on any atom is -0.331 e. The summed E-state index contributed by atoms with van der Waals surface area (Å²) in [7, 11) is 0. The Hall–Kier alpha value is -1.27. The molecule has 2 saturated heterocycles. The van der Waals surface area contributed by atoms with Crippen LogP contribution in [-0.2, 0) is 0 Å². The molecule has 3 heterocycles. The molecule has 1 N–H and O–H groups in total. The van der Waals surface area contributed by atoms with Crippen molar-refractivity contribution in [1.29, 1.82) is 0 Å². The molecule has 4 nitrogen and oxygen atoms in total. The van der Waals surface area contributed by atoms with Crippen LogP contribution in [0.1, 0.15) is 37.3 Å². The number of thioether (sulfide) groups is 1. The second-order valence-electron chi connectivity index (χ2n) is 6.93. The Morgan fingerprint density at radius 1 is 1.21 bits per heavy atom. The quantitative estimate of drug-likeness (QED) is 0.890. The third-order valence-corrected chi connectivity index (χ3v) is 6.59. The van der Waals surface area contributed by atoms with Gasteiger partial charge in [-0.1, -0.05) is 12.1 Å². The van der Waals surface area contributed by atoms with Gasteiger partial charge in [0.2, 0.25) is 0 Å². The first-order chi connectivity index (χ1) is 11.7. The normalized spacial score (nSPS) is 27.3. The molecule has 1 aromatic carbocycles. The Labute approximate surface area is 146 Å². The van der Waals surface area contributed by atoms with Crippen LogP contribution in [0.2, 0.25) is 0 Å². The fourth-order valence-electron chi connectivity index (χ4n) is 4.11. The molecule has 2 amide bonds. The van der Waals surface area contributed by atoms with Crippen molar-refractivity contribution in [3.05, 3.63) is 29.6 Å². The van der Waals surface area contributed by atoms with E-state index in [-0.39, 0.29) is 17.9 Å². The lowest BCUT2D eigenvalue weighted by atomic mass is 10.0. The van der Waals surface area contributed by atoms with Gasteiger partial charge < -0.3 is 10.2 Å². The Kier molecular flexibility index (Phi) is 4.68. The smallest absolute Gasteiger partial charge is 0.317 e. The number of fused-ring (bicyclic) bond motifs is 1. The zero-order valence-electron chi connectivity index (χ0n) is 13.8. The molecule has 0 radical (unpaired) electrons. The first kappa shape index (κ1) is 16.2. The second-order valence-corrected chi connectivity index (χ2v) is 8.03. The van der Waals surface area contributed by atoms with E-state index in [0.717, 1.165) is 37.2 Å². The fourth-order valence-corrected chi connectivity index (χ4v) is 5.25. The van der Waals surface area contributed by atoms with Crippen LogP contribution in [0, 0.1) is 5.82 Å². The maximum atomic E-state index is 14.0. The number of carbonyl (C=O) groups is 1. The maximum Gasteiger partial charge on any atom is 0.317 e. The lowest BCUT2D eigenvalue weighted by Crippen LogP contribution is -2.43. The molecule has 0 unspecified atom stereocenters. The summed E-state index contributed by atoms with van der Waals surface area (Å²) in [6.45, 7) is 3.99. The SMILES string of the molecule is O=C(N[C@@H]1CCSc2c(F)cccc21)N1CC[C@H](N2CCCC2)C1. The van der Waals surface area contributed by atoms with E-state index in [1.807, 2.05) is 11.0 Å². The van der Waals surface area contributed by atoms with Gasteiger partial charge in [-0.3, -0.25) is 4.90 Å². The van der Waals surface area contributed by atoms with E-state index in [0.29, 0.717) is 10.9 Å². The van der Waals surface area contributed by atoms with E-state index >= 15 is 0 Å². The van der Waals surface area contributed by atoms with Crippen LogP contribution in [0.3, 0.4) is 0 Å². The second kappa shape index (κ2) is 6.92. The molecular weight excluding hydrogens is 325 g/mol. The van der Waals surface area contributed by atoms with Gasteiger partial charge in [-0.25, -0.2) is 9.18 Å². The van der Waals surface area contributed by atoms with Gasteiger partial charge in [0, 0.05) is 29.8 Å². The number of hydrogen-bond acceptors (Lipinski definition) is 3. The van der Waals surface area contributed by atoms with E-state index in [2.05, 4.69) is 10.2 Å². The number of nitrogens with one attached hydrogen (secondary N) is 1. The van der Waals surface area contributed by atoms with Crippen LogP contribution in [-0.4, -0.2) is 53.8 Å². The average Bonchev–Trinajstić information content (AvgIpc) is 3.27. The minimum atomic E-state index is -0.174.